The van der Waals surface area contributed by atoms with E-state index in [0.29, 0.717) is 0 Å². The first-order chi connectivity index (χ1) is 12.4. The van der Waals surface area contributed by atoms with E-state index in [1.54, 1.807) is 12.1 Å². The summed E-state index contributed by atoms with van der Waals surface area (Å²) in [5.41, 5.74) is 2.26. The van der Waals surface area contributed by atoms with Crippen molar-refractivity contribution in [1.82, 2.24) is 0 Å². The molecular weight excluding hydrogens is 337 g/mol. The van der Waals surface area contributed by atoms with Crippen molar-refractivity contribution in [2.45, 2.75) is 58.2 Å². The topological polar surface area (TPSA) is 9.23 Å². The lowest BCUT2D eigenvalue weighted by atomic mass is 9.71. The van der Waals surface area contributed by atoms with Crippen molar-refractivity contribution in [3.63, 3.8) is 0 Å². The first-order valence-electron chi connectivity index (χ1n) is 9.62. The second kappa shape index (κ2) is 8.32. The number of allylic oxidation sites excluding steroid dienone is 4. The minimum Gasteiger partial charge on any atom is -0.406 e. The third-order valence-electron chi connectivity index (χ3n) is 5.86. The molecule has 0 N–H and O–H groups in total. The molecule has 3 rings (SSSR count). The molecule has 1 saturated carbocycles. The zero-order valence-electron chi connectivity index (χ0n) is 15.3. The third-order valence-corrected chi connectivity index (χ3v) is 5.86. The molecule has 0 amide bonds. The fraction of sp³-hybridized carbons (Fsp3) is 0.545. The molecule has 1 nitrogen and oxygen atoms in total. The summed E-state index contributed by atoms with van der Waals surface area (Å²) >= 11 is 0. The minimum absolute atomic E-state index is 0.159. The Kier molecular flexibility index (Phi) is 6.10. The van der Waals surface area contributed by atoms with Crippen molar-refractivity contribution >= 4 is 5.57 Å². The van der Waals surface area contributed by atoms with Gasteiger partial charge >= 0.3 is 6.36 Å². The summed E-state index contributed by atoms with van der Waals surface area (Å²) in [6, 6.07) is 6.27. The molecule has 1 aromatic rings. The van der Waals surface area contributed by atoms with Gasteiger partial charge in [-0.1, -0.05) is 30.4 Å². The van der Waals surface area contributed by atoms with Crippen molar-refractivity contribution in [3.8, 4) is 5.75 Å². The van der Waals surface area contributed by atoms with Crippen LogP contribution >= 0.6 is 0 Å². The molecule has 0 aliphatic heterocycles. The van der Waals surface area contributed by atoms with Gasteiger partial charge in [-0.2, -0.15) is 0 Å². The molecular formula is C22H27F3O. The molecule has 0 heterocycles. The second-order valence-corrected chi connectivity index (χ2v) is 7.54. The Labute approximate surface area is 153 Å². The molecule has 26 heavy (non-hydrogen) atoms. The number of hydrogen-bond donors (Lipinski definition) is 0. The van der Waals surface area contributed by atoms with E-state index in [9.17, 15) is 13.2 Å². The molecule has 0 radical (unpaired) electrons. The second-order valence-electron chi connectivity index (χ2n) is 7.54. The third kappa shape index (κ3) is 5.15. The Morgan fingerprint density at radius 1 is 0.962 bits per heavy atom. The summed E-state index contributed by atoms with van der Waals surface area (Å²) < 4.78 is 40.7. The molecule has 2 aliphatic carbocycles. The lowest BCUT2D eigenvalue weighted by Gasteiger charge is -2.34. The SMILES string of the molecule is C/C=C/C1CCC(C2CC=C(c3ccc(OC(F)(F)F)cc3)CC2)CC1. The van der Waals surface area contributed by atoms with E-state index in [2.05, 4.69) is 29.9 Å². The molecule has 1 unspecified atom stereocenters. The van der Waals surface area contributed by atoms with Crippen LogP contribution < -0.4 is 4.74 Å². The molecule has 1 aromatic carbocycles. The Morgan fingerprint density at radius 3 is 2.19 bits per heavy atom. The van der Waals surface area contributed by atoms with Crippen LogP contribution in [0, 0.1) is 17.8 Å². The van der Waals surface area contributed by atoms with Crippen LogP contribution in [0.25, 0.3) is 5.57 Å². The van der Waals surface area contributed by atoms with E-state index in [0.717, 1.165) is 36.2 Å². The van der Waals surface area contributed by atoms with Gasteiger partial charge in [-0.15, -0.1) is 13.2 Å². The van der Waals surface area contributed by atoms with E-state index in [1.807, 2.05) is 0 Å². The highest BCUT2D eigenvalue weighted by Gasteiger charge is 2.31. The highest BCUT2D eigenvalue weighted by Crippen LogP contribution is 2.41. The molecule has 142 valence electrons. The zero-order valence-corrected chi connectivity index (χ0v) is 15.3. The maximum Gasteiger partial charge on any atom is 0.573 e. The van der Waals surface area contributed by atoms with Crippen molar-refractivity contribution in [2.24, 2.45) is 17.8 Å². The summed E-state index contributed by atoms with van der Waals surface area (Å²) in [4.78, 5) is 0. The van der Waals surface area contributed by atoms with Crippen LogP contribution in [0.3, 0.4) is 0 Å². The van der Waals surface area contributed by atoms with E-state index in [4.69, 9.17) is 0 Å². The lowest BCUT2D eigenvalue weighted by Crippen LogP contribution is -2.22. The van der Waals surface area contributed by atoms with Crippen LogP contribution in [-0.2, 0) is 0 Å². The number of ether oxygens (including phenoxy) is 1. The number of halogens is 3. The molecule has 4 heteroatoms. The fourth-order valence-electron chi connectivity index (χ4n) is 4.50. The summed E-state index contributed by atoms with van der Waals surface area (Å²) in [6.45, 7) is 2.10. The quantitative estimate of drug-likeness (QED) is 0.515. The molecule has 0 spiro atoms. The number of benzene rings is 1. The van der Waals surface area contributed by atoms with E-state index >= 15 is 0 Å². The van der Waals surface area contributed by atoms with Gasteiger partial charge in [-0.05, 0) is 92.9 Å². The molecule has 1 fully saturated rings. The molecule has 1 atom stereocenters. The predicted molar refractivity (Wildman–Crippen MR) is 98.7 cm³/mol. The smallest absolute Gasteiger partial charge is 0.406 e. The van der Waals surface area contributed by atoms with Gasteiger partial charge in [0.25, 0.3) is 0 Å². The average Bonchev–Trinajstić information content (AvgIpc) is 2.62. The van der Waals surface area contributed by atoms with Crippen molar-refractivity contribution in [3.05, 3.63) is 48.1 Å². The monoisotopic (exact) mass is 364 g/mol. The van der Waals surface area contributed by atoms with Crippen LogP contribution in [0.1, 0.15) is 57.4 Å². The molecule has 0 bridgehead atoms. The normalized spacial score (nSPS) is 27.4. The first-order valence-corrected chi connectivity index (χ1v) is 9.62. The summed E-state index contributed by atoms with van der Waals surface area (Å²) in [6.07, 6.45) is 10.7. The van der Waals surface area contributed by atoms with E-state index < -0.39 is 6.36 Å². The van der Waals surface area contributed by atoms with Gasteiger partial charge in [0.2, 0.25) is 0 Å². The fourth-order valence-corrected chi connectivity index (χ4v) is 4.50. The van der Waals surface area contributed by atoms with Gasteiger partial charge in [0.1, 0.15) is 5.75 Å². The van der Waals surface area contributed by atoms with E-state index in [-0.39, 0.29) is 5.75 Å². The number of alkyl halides is 3. The van der Waals surface area contributed by atoms with Crippen LogP contribution in [0.2, 0.25) is 0 Å². The van der Waals surface area contributed by atoms with Crippen molar-refractivity contribution in [1.29, 1.82) is 0 Å². The van der Waals surface area contributed by atoms with Crippen LogP contribution in [0.4, 0.5) is 13.2 Å². The van der Waals surface area contributed by atoms with Gasteiger partial charge in [0.15, 0.2) is 0 Å². The van der Waals surface area contributed by atoms with Gasteiger partial charge in [0.05, 0.1) is 0 Å². The molecule has 0 saturated heterocycles. The number of hydrogen-bond acceptors (Lipinski definition) is 1. The lowest BCUT2D eigenvalue weighted by molar-refractivity contribution is -0.274. The maximum absolute atomic E-state index is 12.2. The van der Waals surface area contributed by atoms with Crippen LogP contribution in [0.5, 0.6) is 5.75 Å². The summed E-state index contributed by atoms with van der Waals surface area (Å²) in [7, 11) is 0. The van der Waals surface area contributed by atoms with E-state index in [1.165, 1.54) is 49.8 Å². The van der Waals surface area contributed by atoms with Crippen LogP contribution in [-0.4, -0.2) is 6.36 Å². The highest BCUT2D eigenvalue weighted by atomic mass is 19.4. The predicted octanol–water partition coefficient (Wildman–Crippen LogP) is 7.15. The van der Waals surface area contributed by atoms with Gasteiger partial charge in [-0.3, -0.25) is 0 Å². The maximum atomic E-state index is 12.2. The van der Waals surface area contributed by atoms with Crippen LogP contribution in [0.15, 0.2) is 42.5 Å². The Bertz CT molecular complexity index is 634. The van der Waals surface area contributed by atoms with Gasteiger partial charge in [0, 0.05) is 0 Å². The van der Waals surface area contributed by atoms with Gasteiger partial charge < -0.3 is 4.74 Å². The highest BCUT2D eigenvalue weighted by molar-refractivity contribution is 5.66. The Morgan fingerprint density at radius 2 is 1.65 bits per heavy atom. The Hall–Kier alpha value is -1.71. The number of rotatable bonds is 4. The first kappa shape index (κ1) is 19.1. The van der Waals surface area contributed by atoms with Crippen molar-refractivity contribution in [2.75, 3.05) is 0 Å². The minimum atomic E-state index is -4.63. The Balaban J connectivity index is 1.55. The zero-order chi connectivity index (χ0) is 18.6. The van der Waals surface area contributed by atoms with Crippen molar-refractivity contribution < 1.29 is 17.9 Å². The molecule has 0 aromatic heterocycles. The largest absolute Gasteiger partial charge is 0.573 e. The van der Waals surface area contributed by atoms with Gasteiger partial charge in [-0.25, -0.2) is 0 Å². The summed E-state index contributed by atoms with van der Waals surface area (Å²) in [5.74, 6) is 2.20. The molecule has 2 aliphatic rings. The average molecular weight is 364 g/mol. The summed E-state index contributed by atoms with van der Waals surface area (Å²) in [5, 5.41) is 0. The standard InChI is InChI=1S/C22H27F3O/c1-2-3-16-4-6-17(7-5-16)18-8-10-19(11-9-18)20-12-14-21(15-13-20)26-22(23,24)25/h2-3,10,12-18H,4-9,11H2,1H3/b3-2+.